The SMILES string of the molecule is CNC(=O)OCCC(Oc1ccccc1CC(C)N1CCC2(CC1)CN(C(C)C)C(=O)[C@@H](C)O2)c1cccs1. The number of benzene rings is 1. The highest BCUT2D eigenvalue weighted by Gasteiger charge is 2.46. The van der Waals surface area contributed by atoms with Gasteiger partial charge in [0.1, 0.15) is 18.0 Å². The number of likely N-dealkylation sites (tertiary alicyclic amines) is 1. The molecular formula is C30H43N3O5S. The zero-order valence-corrected chi connectivity index (χ0v) is 24.7. The van der Waals surface area contributed by atoms with E-state index in [9.17, 15) is 9.59 Å². The Morgan fingerprint density at radius 3 is 2.59 bits per heavy atom. The van der Waals surface area contributed by atoms with Crippen molar-refractivity contribution in [2.45, 2.75) is 83.3 Å². The van der Waals surface area contributed by atoms with E-state index in [1.165, 1.54) is 0 Å². The quantitative estimate of drug-likeness (QED) is 0.441. The average molecular weight is 558 g/mol. The number of carbonyl (C=O) groups excluding carboxylic acids is 2. The number of hydrogen-bond acceptors (Lipinski definition) is 7. The fourth-order valence-electron chi connectivity index (χ4n) is 5.62. The van der Waals surface area contributed by atoms with Crippen molar-refractivity contribution < 1.29 is 23.8 Å². The fraction of sp³-hybridized carbons (Fsp3) is 0.600. The summed E-state index contributed by atoms with van der Waals surface area (Å²) in [7, 11) is 1.55. The maximum absolute atomic E-state index is 12.6. The average Bonchev–Trinajstić information content (AvgIpc) is 3.46. The highest BCUT2D eigenvalue weighted by Crippen LogP contribution is 2.35. The van der Waals surface area contributed by atoms with Gasteiger partial charge in [0, 0.05) is 43.5 Å². The van der Waals surface area contributed by atoms with Gasteiger partial charge in [-0.2, -0.15) is 0 Å². The Hall–Kier alpha value is -2.62. The molecule has 0 aliphatic carbocycles. The van der Waals surface area contributed by atoms with Gasteiger partial charge in [-0.3, -0.25) is 4.79 Å². The number of thiophene rings is 1. The van der Waals surface area contributed by atoms with E-state index in [4.69, 9.17) is 14.2 Å². The molecule has 1 aromatic heterocycles. The topological polar surface area (TPSA) is 80.3 Å². The fourth-order valence-corrected chi connectivity index (χ4v) is 6.41. The summed E-state index contributed by atoms with van der Waals surface area (Å²) in [6.45, 7) is 11.2. The second-order valence-corrected chi connectivity index (χ2v) is 12.0. The summed E-state index contributed by atoms with van der Waals surface area (Å²) >= 11 is 1.64. The summed E-state index contributed by atoms with van der Waals surface area (Å²) in [5, 5.41) is 4.52. The molecule has 3 atom stereocenters. The molecule has 2 unspecified atom stereocenters. The van der Waals surface area contributed by atoms with Gasteiger partial charge < -0.3 is 29.3 Å². The predicted octanol–water partition coefficient (Wildman–Crippen LogP) is 5.04. The van der Waals surface area contributed by atoms with Crippen LogP contribution in [0, 0.1) is 0 Å². The Morgan fingerprint density at radius 2 is 1.92 bits per heavy atom. The third-order valence-electron chi connectivity index (χ3n) is 7.91. The smallest absolute Gasteiger partial charge is 0.406 e. The Kier molecular flexibility index (Phi) is 9.91. The molecule has 4 rings (SSSR count). The first-order chi connectivity index (χ1) is 18.7. The number of para-hydroxylation sites is 1. The first-order valence-corrected chi connectivity index (χ1v) is 14.9. The van der Waals surface area contributed by atoms with Crippen LogP contribution in [0.1, 0.15) is 63.5 Å². The van der Waals surface area contributed by atoms with Crippen molar-refractivity contribution in [1.29, 1.82) is 0 Å². The zero-order chi connectivity index (χ0) is 28.0. The standard InChI is InChI=1S/C30H43N3O5S/c1-21(2)33-20-30(38-23(4)28(33)34)13-15-32(16-14-30)22(3)19-24-9-6-7-10-25(24)37-26(27-11-8-18-39-27)12-17-36-29(35)31-5/h6-11,18,21-23,26H,12-17,19-20H2,1-5H3,(H,31,35)/t22?,23-,26?/m1/s1. The van der Waals surface area contributed by atoms with Gasteiger partial charge >= 0.3 is 6.09 Å². The van der Waals surface area contributed by atoms with Crippen LogP contribution in [0.3, 0.4) is 0 Å². The molecule has 3 heterocycles. The van der Waals surface area contributed by atoms with Crippen LogP contribution in [0.5, 0.6) is 5.75 Å². The molecule has 39 heavy (non-hydrogen) atoms. The molecule has 214 valence electrons. The van der Waals surface area contributed by atoms with Gasteiger partial charge in [-0.25, -0.2) is 4.79 Å². The molecule has 2 aromatic rings. The maximum atomic E-state index is 12.6. The van der Waals surface area contributed by atoms with Gasteiger partial charge in [0.2, 0.25) is 0 Å². The monoisotopic (exact) mass is 557 g/mol. The van der Waals surface area contributed by atoms with E-state index in [1.807, 2.05) is 35.4 Å². The highest BCUT2D eigenvalue weighted by molar-refractivity contribution is 7.10. The number of amides is 2. The number of nitrogens with one attached hydrogen (secondary N) is 1. The van der Waals surface area contributed by atoms with Crippen LogP contribution in [0.4, 0.5) is 4.79 Å². The molecular weight excluding hydrogens is 514 g/mol. The van der Waals surface area contributed by atoms with Crippen LogP contribution in [-0.4, -0.2) is 78.9 Å². The van der Waals surface area contributed by atoms with Gasteiger partial charge in [0.15, 0.2) is 0 Å². The Balaban J connectivity index is 1.38. The predicted molar refractivity (Wildman–Crippen MR) is 153 cm³/mol. The van der Waals surface area contributed by atoms with Crippen molar-refractivity contribution in [3.8, 4) is 5.75 Å². The third-order valence-corrected chi connectivity index (χ3v) is 8.87. The highest BCUT2D eigenvalue weighted by atomic mass is 32.1. The van der Waals surface area contributed by atoms with E-state index in [1.54, 1.807) is 18.4 Å². The third kappa shape index (κ3) is 7.32. The Bertz CT molecular complexity index is 1080. The van der Waals surface area contributed by atoms with Crippen molar-refractivity contribution in [1.82, 2.24) is 15.1 Å². The molecule has 2 aliphatic heterocycles. The van der Waals surface area contributed by atoms with E-state index in [2.05, 4.69) is 49.2 Å². The Labute approximate surface area is 236 Å². The minimum absolute atomic E-state index is 0.101. The first-order valence-electron chi connectivity index (χ1n) is 14.1. The lowest BCUT2D eigenvalue weighted by molar-refractivity contribution is -0.193. The van der Waals surface area contributed by atoms with Gasteiger partial charge in [0.25, 0.3) is 5.91 Å². The number of alkyl carbamates (subject to hydrolysis) is 1. The van der Waals surface area contributed by atoms with Crippen LogP contribution >= 0.6 is 11.3 Å². The minimum atomic E-state index is -0.436. The molecule has 0 radical (unpaired) electrons. The van der Waals surface area contributed by atoms with Crippen LogP contribution in [0.15, 0.2) is 41.8 Å². The largest absolute Gasteiger partial charge is 0.484 e. The number of hydrogen-bond donors (Lipinski definition) is 1. The van der Waals surface area contributed by atoms with Crippen molar-refractivity contribution >= 4 is 23.3 Å². The minimum Gasteiger partial charge on any atom is -0.484 e. The Morgan fingerprint density at radius 1 is 1.18 bits per heavy atom. The van der Waals surface area contributed by atoms with Crippen molar-refractivity contribution in [3.05, 3.63) is 52.2 Å². The van der Waals surface area contributed by atoms with E-state index in [-0.39, 0.29) is 36.4 Å². The number of carbonyl (C=O) groups is 2. The lowest BCUT2D eigenvalue weighted by Gasteiger charge is -2.50. The van der Waals surface area contributed by atoms with Crippen LogP contribution in [0.25, 0.3) is 0 Å². The second-order valence-electron chi connectivity index (χ2n) is 11.0. The van der Waals surface area contributed by atoms with Crippen molar-refractivity contribution in [2.75, 3.05) is 33.3 Å². The van der Waals surface area contributed by atoms with Crippen LogP contribution < -0.4 is 10.1 Å². The summed E-state index contributed by atoms with van der Waals surface area (Å²) in [6, 6.07) is 12.8. The first kappa shape index (κ1) is 29.4. The lowest BCUT2D eigenvalue weighted by atomic mass is 9.87. The van der Waals surface area contributed by atoms with E-state index in [0.29, 0.717) is 19.0 Å². The van der Waals surface area contributed by atoms with Gasteiger partial charge in [-0.05, 0) is 70.0 Å². The molecule has 1 spiro atoms. The number of rotatable bonds is 10. The number of nitrogens with zero attached hydrogens (tertiary/aromatic N) is 2. The molecule has 8 nitrogen and oxygen atoms in total. The molecule has 2 fully saturated rings. The van der Waals surface area contributed by atoms with Gasteiger partial charge in [-0.15, -0.1) is 11.3 Å². The molecule has 1 aromatic carbocycles. The maximum Gasteiger partial charge on any atom is 0.406 e. The van der Waals surface area contributed by atoms with Gasteiger partial charge in [0.05, 0.1) is 18.8 Å². The lowest BCUT2D eigenvalue weighted by Crippen LogP contribution is -2.63. The molecule has 9 heteroatoms. The number of piperidine rings is 1. The van der Waals surface area contributed by atoms with Crippen LogP contribution in [0.2, 0.25) is 0 Å². The summed E-state index contributed by atoms with van der Waals surface area (Å²) in [6.07, 6.45) is 2.26. The molecule has 1 N–H and O–H groups in total. The molecule has 0 saturated carbocycles. The summed E-state index contributed by atoms with van der Waals surface area (Å²) in [5.74, 6) is 0.968. The summed E-state index contributed by atoms with van der Waals surface area (Å²) in [5.41, 5.74) is 0.914. The number of morpholine rings is 1. The molecule has 2 saturated heterocycles. The van der Waals surface area contributed by atoms with Crippen molar-refractivity contribution in [3.63, 3.8) is 0 Å². The number of ether oxygens (including phenoxy) is 3. The summed E-state index contributed by atoms with van der Waals surface area (Å²) < 4.78 is 18.1. The summed E-state index contributed by atoms with van der Waals surface area (Å²) in [4.78, 5) is 29.8. The second kappa shape index (κ2) is 13.2. The normalized spacial score (nSPS) is 21.1. The molecule has 0 bridgehead atoms. The molecule has 2 amide bonds. The zero-order valence-electron chi connectivity index (χ0n) is 23.9. The van der Waals surface area contributed by atoms with E-state index >= 15 is 0 Å². The van der Waals surface area contributed by atoms with Crippen molar-refractivity contribution in [2.24, 2.45) is 0 Å². The van der Waals surface area contributed by atoms with Gasteiger partial charge in [-0.1, -0.05) is 24.3 Å². The van der Waals surface area contributed by atoms with Crippen LogP contribution in [-0.2, 0) is 20.7 Å². The molecule has 2 aliphatic rings. The van der Waals surface area contributed by atoms with E-state index < -0.39 is 6.09 Å². The van der Waals surface area contributed by atoms with E-state index in [0.717, 1.165) is 48.5 Å².